The Bertz CT molecular complexity index is 578. The van der Waals surface area contributed by atoms with Gasteiger partial charge in [0.2, 0.25) is 5.95 Å². The third-order valence-corrected chi connectivity index (χ3v) is 4.48. The maximum atomic E-state index is 9.16. The van der Waals surface area contributed by atoms with Crippen molar-refractivity contribution in [2.75, 3.05) is 30.8 Å². The summed E-state index contributed by atoms with van der Waals surface area (Å²) >= 11 is 1.68. The first-order valence-electron chi connectivity index (χ1n) is 7.48. The highest BCUT2D eigenvalue weighted by atomic mass is 32.1. The van der Waals surface area contributed by atoms with E-state index in [1.807, 2.05) is 7.05 Å². The highest BCUT2D eigenvalue weighted by Crippen LogP contribution is 2.29. The molecule has 0 saturated heterocycles. The molecule has 0 saturated carbocycles. The van der Waals surface area contributed by atoms with E-state index < -0.39 is 0 Å². The van der Waals surface area contributed by atoms with Gasteiger partial charge in [-0.05, 0) is 31.7 Å². The average Bonchev–Trinajstić information content (AvgIpc) is 2.85. The Morgan fingerprint density at radius 2 is 2.14 bits per heavy atom. The highest BCUT2D eigenvalue weighted by molar-refractivity contribution is 7.18. The van der Waals surface area contributed by atoms with Crippen LogP contribution in [-0.2, 0) is 0 Å². The summed E-state index contributed by atoms with van der Waals surface area (Å²) in [5, 5.41) is 16.7. The lowest BCUT2D eigenvalue weighted by atomic mass is 10.0. The van der Waals surface area contributed by atoms with E-state index in [-0.39, 0.29) is 6.61 Å². The van der Waals surface area contributed by atoms with Crippen molar-refractivity contribution in [2.45, 2.75) is 33.1 Å². The molecular formula is C15H24N4OS. The number of nitrogens with zero attached hydrogens (tertiary/aromatic N) is 2. The normalized spacial score (nSPS) is 12.6. The maximum absolute atomic E-state index is 9.16. The molecule has 2 aromatic rings. The van der Waals surface area contributed by atoms with E-state index >= 15 is 0 Å². The van der Waals surface area contributed by atoms with Crippen LogP contribution in [0.5, 0.6) is 0 Å². The molecule has 0 spiro atoms. The van der Waals surface area contributed by atoms with Crippen molar-refractivity contribution < 1.29 is 5.11 Å². The average molecular weight is 308 g/mol. The van der Waals surface area contributed by atoms with E-state index in [1.165, 1.54) is 4.88 Å². The maximum Gasteiger partial charge on any atom is 0.225 e. The van der Waals surface area contributed by atoms with Crippen LogP contribution in [0.3, 0.4) is 0 Å². The van der Waals surface area contributed by atoms with Crippen LogP contribution in [-0.4, -0.2) is 35.3 Å². The number of aliphatic hydroxyl groups excluding tert-OH is 1. The van der Waals surface area contributed by atoms with Crippen LogP contribution in [0, 0.1) is 12.8 Å². The minimum absolute atomic E-state index is 0.241. The third-order valence-electron chi connectivity index (χ3n) is 3.53. The second-order valence-electron chi connectivity index (χ2n) is 5.27. The van der Waals surface area contributed by atoms with Gasteiger partial charge in [-0.1, -0.05) is 13.3 Å². The number of aliphatic hydroxyl groups is 1. The number of aryl methyl sites for hydroxylation is 1. The second-order valence-corrected chi connectivity index (χ2v) is 6.50. The summed E-state index contributed by atoms with van der Waals surface area (Å²) in [4.78, 5) is 11.3. The molecule has 0 aromatic carbocycles. The fraction of sp³-hybridized carbons (Fsp3) is 0.600. The van der Waals surface area contributed by atoms with Gasteiger partial charge >= 0.3 is 0 Å². The Labute approximate surface area is 129 Å². The molecule has 0 aliphatic carbocycles. The quantitative estimate of drug-likeness (QED) is 0.698. The molecule has 1 unspecified atom stereocenters. The van der Waals surface area contributed by atoms with Gasteiger partial charge < -0.3 is 15.7 Å². The first-order valence-corrected chi connectivity index (χ1v) is 8.30. The van der Waals surface area contributed by atoms with Crippen molar-refractivity contribution >= 4 is 33.3 Å². The van der Waals surface area contributed by atoms with Crippen molar-refractivity contribution in [3.63, 3.8) is 0 Å². The van der Waals surface area contributed by atoms with E-state index in [9.17, 15) is 0 Å². The van der Waals surface area contributed by atoms with Gasteiger partial charge in [0.15, 0.2) is 0 Å². The van der Waals surface area contributed by atoms with Crippen LogP contribution in [0.4, 0.5) is 11.8 Å². The van der Waals surface area contributed by atoms with Crippen molar-refractivity contribution in [3.05, 3.63) is 10.9 Å². The Balaban J connectivity index is 2.19. The van der Waals surface area contributed by atoms with Crippen molar-refractivity contribution in [3.8, 4) is 0 Å². The monoisotopic (exact) mass is 308 g/mol. The minimum atomic E-state index is 0.241. The van der Waals surface area contributed by atoms with Crippen LogP contribution in [0.15, 0.2) is 6.07 Å². The largest absolute Gasteiger partial charge is 0.396 e. The molecule has 5 nitrogen and oxygen atoms in total. The molecule has 2 aromatic heterocycles. The number of nitrogens with one attached hydrogen (secondary N) is 2. The Morgan fingerprint density at radius 3 is 2.81 bits per heavy atom. The van der Waals surface area contributed by atoms with E-state index in [2.05, 4.69) is 40.5 Å². The Kier molecular flexibility index (Phi) is 5.76. The zero-order chi connectivity index (χ0) is 15.2. The standard InChI is InChI=1S/C15H24N4OS/c1-4-5-11(6-7-20)9-17-13-12-8-10(2)21-14(12)19-15(16-3)18-13/h8,11,20H,4-7,9H2,1-3H3,(H2,16,17,18,19). The number of hydrogen-bond donors (Lipinski definition) is 3. The van der Waals surface area contributed by atoms with Crippen LogP contribution >= 0.6 is 11.3 Å². The van der Waals surface area contributed by atoms with Crippen LogP contribution in [0.2, 0.25) is 0 Å². The number of anilines is 2. The molecule has 21 heavy (non-hydrogen) atoms. The number of rotatable bonds is 8. The summed E-state index contributed by atoms with van der Waals surface area (Å²) in [6.45, 7) is 5.33. The van der Waals surface area contributed by atoms with Crippen molar-refractivity contribution in [1.82, 2.24) is 9.97 Å². The molecule has 6 heteroatoms. The van der Waals surface area contributed by atoms with E-state index in [0.29, 0.717) is 11.9 Å². The Hall–Kier alpha value is -1.40. The van der Waals surface area contributed by atoms with Gasteiger partial charge in [-0.3, -0.25) is 0 Å². The van der Waals surface area contributed by atoms with E-state index in [4.69, 9.17) is 5.11 Å². The first-order chi connectivity index (χ1) is 10.2. The molecule has 0 bridgehead atoms. The third kappa shape index (κ3) is 4.04. The lowest BCUT2D eigenvalue weighted by molar-refractivity contribution is 0.255. The molecule has 0 fully saturated rings. The van der Waals surface area contributed by atoms with Gasteiger partial charge in [-0.2, -0.15) is 4.98 Å². The topological polar surface area (TPSA) is 70.1 Å². The summed E-state index contributed by atoms with van der Waals surface area (Å²) in [7, 11) is 1.83. The molecule has 116 valence electrons. The minimum Gasteiger partial charge on any atom is -0.396 e. The number of thiophene rings is 1. The second kappa shape index (κ2) is 7.56. The molecule has 1 atom stereocenters. The smallest absolute Gasteiger partial charge is 0.225 e. The van der Waals surface area contributed by atoms with Gasteiger partial charge in [0, 0.05) is 25.1 Å². The predicted octanol–water partition coefficient (Wildman–Crippen LogP) is 3.25. The zero-order valence-electron chi connectivity index (χ0n) is 12.9. The molecule has 3 N–H and O–H groups in total. The lowest BCUT2D eigenvalue weighted by Crippen LogP contribution is -2.17. The molecule has 2 rings (SSSR count). The van der Waals surface area contributed by atoms with Gasteiger partial charge in [0.25, 0.3) is 0 Å². The molecule has 0 amide bonds. The molecule has 0 aliphatic heterocycles. The SMILES string of the molecule is CCCC(CCO)CNc1nc(NC)nc2sc(C)cc12. The highest BCUT2D eigenvalue weighted by Gasteiger charge is 2.12. The van der Waals surface area contributed by atoms with Crippen molar-refractivity contribution in [2.24, 2.45) is 5.92 Å². The molecular weight excluding hydrogens is 284 g/mol. The fourth-order valence-corrected chi connectivity index (χ4v) is 3.35. The number of aromatic nitrogens is 2. The van der Waals surface area contributed by atoms with Crippen LogP contribution in [0.1, 0.15) is 31.1 Å². The number of hydrogen-bond acceptors (Lipinski definition) is 6. The van der Waals surface area contributed by atoms with Crippen LogP contribution < -0.4 is 10.6 Å². The fourth-order valence-electron chi connectivity index (χ4n) is 2.47. The Morgan fingerprint density at radius 1 is 1.33 bits per heavy atom. The predicted molar refractivity (Wildman–Crippen MR) is 90.3 cm³/mol. The molecule has 2 heterocycles. The summed E-state index contributed by atoms with van der Waals surface area (Å²) < 4.78 is 0. The van der Waals surface area contributed by atoms with Crippen molar-refractivity contribution in [1.29, 1.82) is 0 Å². The number of fused-ring (bicyclic) bond motifs is 1. The lowest BCUT2D eigenvalue weighted by Gasteiger charge is -2.16. The van der Waals surface area contributed by atoms with Gasteiger partial charge in [0.05, 0.1) is 5.39 Å². The van der Waals surface area contributed by atoms with Crippen LogP contribution in [0.25, 0.3) is 10.2 Å². The summed E-state index contributed by atoms with van der Waals surface area (Å²) in [5.41, 5.74) is 0. The van der Waals surface area contributed by atoms with Gasteiger partial charge in [-0.15, -0.1) is 11.3 Å². The first kappa shape index (κ1) is 16.0. The van der Waals surface area contributed by atoms with Gasteiger partial charge in [-0.25, -0.2) is 4.98 Å². The molecule has 0 radical (unpaired) electrons. The zero-order valence-corrected chi connectivity index (χ0v) is 13.8. The summed E-state index contributed by atoms with van der Waals surface area (Å²) in [6, 6.07) is 2.13. The summed E-state index contributed by atoms with van der Waals surface area (Å²) in [6.07, 6.45) is 3.07. The van der Waals surface area contributed by atoms with E-state index in [1.54, 1.807) is 11.3 Å². The van der Waals surface area contributed by atoms with Gasteiger partial charge in [0.1, 0.15) is 10.6 Å². The molecule has 0 aliphatic rings. The van der Waals surface area contributed by atoms with E-state index in [0.717, 1.165) is 41.8 Å². The summed E-state index contributed by atoms with van der Waals surface area (Å²) in [5.74, 6) is 2.00.